The van der Waals surface area contributed by atoms with Crippen molar-refractivity contribution < 1.29 is 85.7 Å². The van der Waals surface area contributed by atoms with Gasteiger partial charge in [0.15, 0.2) is 0 Å². The second-order valence-electron chi connectivity index (χ2n) is 14.2. The highest BCUT2D eigenvalue weighted by Crippen LogP contribution is 2.23. The molecule has 0 bridgehead atoms. The van der Waals surface area contributed by atoms with Crippen LogP contribution in [0.4, 0.5) is 10.5 Å². The van der Waals surface area contributed by atoms with Crippen LogP contribution in [0, 0.1) is 0 Å². The van der Waals surface area contributed by atoms with Gasteiger partial charge in [-0.2, -0.15) is 0 Å². The summed E-state index contributed by atoms with van der Waals surface area (Å²) in [4.78, 5) is 83.0. The number of ether oxygens (including phenoxy) is 11. The molecule has 0 spiro atoms. The molecule has 24 heteroatoms. The first kappa shape index (κ1) is 57.3. The maximum atomic E-state index is 13.2. The Morgan fingerprint density at radius 1 is 0.632 bits per heavy atom. The lowest BCUT2D eigenvalue weighted by molar-refractivity contribution is -0.181. The molecule has 24 nitrogen and oxygen atoms in total. The summed E-state index contributed by atoms with van der Waals surface area (Å²) in [6.07, 6.45) is 5.27. The van der Waals surface area contributed by atoms with Crippen molar-refractivity contribution in [3.8, 4) is 0 Å². The van der Waals surface area contributed by atoms with Crippen molar-refractivity contribution >= 4 is 47.4 Å². The number of fused-ring (bicyclic) bond motifs is 1. The summed E-state index contributed by atoms with van der Waals surface area (Å²) in [6, 6.07) is 3.41. The molecule has 6 amide bonds. The number of rotatable bonds is 42. The second kappa shape index (κ2) is 37.9. The number of nitrogens with one attached hydrogen (secondary N) is 3. The Hall–Kier alpha value is -4.99. The molecule has 0 atom stereocenters. The van der Waals surface area contributed by atoms with Crippen molar-refractivity contribution in [3.63, 3.8) is 0 Å². The molecule has 1 aromatic heterocycles. The molecular weight excluding hydrogens is 901 g/mol. The standard InChI is InChI=1S/C44H68N6O18/c1-2-10-50(43(55)36-33-38-37(4-3-7-45-38)48-39(51)34-36)68-12-9-47-44(56)67-32-31-66-30-29-65-28-27-64-26-25-63-24-23-62-22-21-61-20-19-60-18-17-59-16-15-58-14-13-57-11-8-46-40(52)35-49-41(53)5-6-42(49)54/h3-7,33H,2,8-32,34-35H2,1H3,(H,46,52)(H,47,56)(H,48,51). The zero-order valence-corrected chi connectivity index (χ0v) is 39.0. The smallest absolute Gasteiger partial charge is 0.407 e. The monoisotopic (exact) mass is 968 g/mol. The minimum atomic E-state index is -0.651. The van der Waals surface area contributed by atoms with Crippen LogP contribution in [0.1, 0.15) is 25.5 Å². The Labute approximate surface area is 396 Å². The number of amides is 6. The number of alkyl carbamates (subject to hydrolysis) is 1. The highest BCUT2D eigenvalue weighted by molar-refractivity contribution is 6.14. The third-order valence-electron chi connectivity index (χ3n) is 8.90. The average Bonchev–Trinajstić information content (AvgIpc) is 3.53. The molecule has 2 aliphatic rings. The van der Waals surface area contributed by atoms with Crippen molar-refractivity contribution in [2.45, 2.75) is 19.8 Å². The highest BCUT2D eigenvalue weighted by atomic mass is 16.7. The predicted molar refractivity (Wildman–Crippen MR) is 240 cm³/mol. The van der Waals surface area contributed by atoms with Crippen molar-refractivity contribution in [3.05, 3.63) is 41.7 Å². The number of imide groups is 1. The average molecular weight is 969 g/mol. The van der Waals surface area contributed by atoms with Crippen LogP contribution in [0.15, 0.2) is 36.1 Å². The van der Waals surface area contributed by atoms with Crippen LogP contribution in [-0.4, -0.2) is 222 Å². The van der Waals surface area contributed by atoms with E-state index in [0.29, 0.717) is 143 Å². The minimum Gasteiger partial charge on any atom is -0.447 e. The molecule has 0 aromatic carbocycles. The molecule has 0 unspecified atom stereocenters. The molecule has 3 heterocycles. The van der Waals surface area contributed by atoms with Crippen LogP contribution in [0.25, 0.3) is 6.08 Å². The van der Waals surface area contributed by atoms with E-state index in [4.69, 9.17) is 56.9 Å². The van der Waals surface area contributed by atoms with Crippen LogP contribution < -0.4 is 16.0 Å². The van der Waals surface area contributed by atoms with E-state index in [9.17, 15) is 28.8 Å². The van der Waals surface area contributed by atoms with Gasteiger partial charge in [0.2, 0.25) is 11.8 Å². The number of anilines is 1. The third-order valence-corrected chi connectivity index (χ3v) is 8.90. The molecule has 3 rings (SSSR count). The summed E-state index contributed by atoms with van der Waals surface area (Å²) in [6.45, 7) is 10.1. The summed E-state index contributed by atoms with van der Waals surface area (Å²) in [5.41, 5.74) is 1.27. The van der Waals surface area contributed by atoms with E-state index in [1.165, 1.54) is 5.06 Å². The van der Waals surface area contributed by atoms with Gasteiger partial charge in [0.25, 0.3) is 17.7 Å². The molecular formula is C44H68N6O18. The van der Waals surface area contributed by atoms with Crippen LogP contribution in [0.2, 0.25) is 0 Å². The zero-order chi connectivity index (χ0) is 48.7. The summed E-state index contributed by atoms with van der Waals surface area (Å²) in [5, 5.41) is 9.07. The molecule has 2 aliphatic heterocycles. The largest absolute Gasteiger partial charge is 0.447 e. The van der Waals surface area contributed by atoms with Crippen molar-refractivity contribution in [1.82, 2.24) is 25.6 Å². The van der Waals surface area contributed by atoms with Gasteiger partial charge >= 0.3 is 6.09 Å². The fourth-order valence-corrected chi connectivity index (χ4v) is 5.63. The van der Waals surface area contributed by atoms with Crippen molar-refractivity contribution in [2.75, 3.05) is 177 Å². The lowest BCUT2D eigenvalue weighted by atomic mass is 10.1. The lowest BCUT2D eigenvalue weighted by Crippen LogP contribution is -2.41. The summed E-state index contributed by atoms with van der Waals surface area (Å²) in [5.74, 6) is -2.21. The fraction of sp³-hybridized carbons (Fsp3) is 0.659. The van der Waals surface area contributed by atoms with Gasteiger partial charge in [-0.25, -0.2) is 9.86 Å². The second-order valence-corrected chi connectivity index (χ2v) is 14.2. The first-order valence-electron chi connectivity index (χ1n) is 22.7. The van der Waals surface area contributed by atoms with Crippen LogP contribution in [-0.2, 0) is 80.9 Å². The molecule has 1 aromatic rings. The molecule has 0 aliphatic carbocycles. The number of nitrogens with zero attached hydrogens (tertiary/aromatic N) is 3. The molecule has 0 fully saturated rings. The summed E-state index contributed by atoms with van der Waals surface area (Å²) >= 11 is 0. The van der Waals surface area contributed by atoms with E-state index in [2.05, 4.69) is 20.9 Å². The van der Waals surface area contributed by atoms with E-state index in [0.717, 1.165) is 17.1 Å². The SMILES string of the molecule is CCCN(OCCNC(=O)OCCOCCOCCOCCOCCOCCOCCOCCOCCOCCOCCNC(=O)CN1C(=O)C=CC1=O)C(=O)C1=Cc2ncccc2NC(=O)C1. The molecule has 0 saturated heterocycles. The van der Waals surface area contributed by atoms with Gasteiger partial charge in [-0.1, -0.05) is 6.92 Å². The molecule has 382 valence electrons. The maximum absolute atomic E-state index is 13.2. The molecule has 0 radical (unpaired) electrons. The lowest BCUT2D eigenvalue weighted by Gasteiger charge is -2.22. The van der Waals surface area contributed by atoms with Crippen LogP contribution >= 0.6 is 0 Å². The number of hydroxylamine groups is 2. The Morgan fingerprint density at radius 3 is 1.57 bits per heavy atom. The van der Waals surface area contributed by atoms with Crippen molar-refractivity contribution in [1.29, 1.82) is 0 Å². The van der Waals surface area contributed by atoms with Crippen LogP contribution in [0.5, 0.6) is 0 Å². The maximum Gasteiger partial charge on any atom is 0.407 e. The summed E-state index contributed by atoms with van der Waals surface area (Å²) < 4.78 is 59.6. The Morgan fingerprint density at radius 2 is 1.09 bits per heavy atom. The van der Waals surface area contributed by atoms with Gasteiger partial charge in [-0.05, 0) is 24.6 Å². The summed E-state index contributed by atoms with van der Waals surface area (Å²) in [7, 11) is 0. The van der Waals surface area contributed by atoms with E-state index >= 15 is 0 Å². The zero-order valence-electron chi connectivity index (χ0n) is 39.0. The van der Waals surface area contributed by atoms with Gasteiger partial charge in [0, 0.05) is 43.6 Å². The third kappa shape index (κ3) is 27.1. The quantitative estimate of drug-likeness (QED) is 0.0439. The van der Waals surface area contributed by atoms with E-state index in [1.54, 1.807) is 24.4 Å². The highest BCUT2D eigenvalue weighted by Gasteiger charge is 2.26. The first-order valence-corrected chi connectivity index (χ1v) is 22.7. The van der Waals surface area contributed by atoms with Gasteiger partial charge in [-0.3, -0.25) is 38.7 Å². The van der Waals surface area contributed by atoms with E-state index in [-0.39, 0.29) is 64.0 Å². The molecule has 3 N–H and O–H groups in total. The topological polar surface area (TPSA) is 269 Å². The first-order chi connectivity index (χ1) is 33.3. The van der Waals surface area contributed by atoms with Crippen molar-refractivity contribution in [2.24, 2.45) is 0 Å². The van der Waals surface area contributed by atoms with E-state index in [1.807, 2.05) is 6.92 Å². The fourth-order valence-electron chi connectivity index (χ4n) is 5.63. The van der Waals surface area contributed by atoms with E-state index < -0.39 is 29.7 Å². The number of carbonyl (C=O) groups is 6. The van der Waals surface area contributed by atoms with Gasteiger partial charge in [0.05, 0.1) is 157 Å². The Balaban J connectivity index is 0.958. The Bertz CT molecular complexity index is 1670. The van der Waals surface area contributed by atoms with Gasteiger partial charge < -0.3 is 68.1 Å². The minimum absolute atomic E-state index is 0.0125. The number of aromatic nitrogens is 1. The number of pyridine rings is 1. The Kier molecular flexibility index (Phi) is 32.0. The number of carbonyl (C=O) groups excluding carboxylic acids is 6. The van der Waals surface area contributed by atoms with Gasteiger partial charge in [0.1, 0.15) is 13.2 Å². The normalized spacial score (nSPS) is 13.3. The van der Waals surface area contributed by atoms with Crippen LogP contribution in [0.3, 0.4) is 0 Å². The number of hydrogen-bond acceptors (Lipinski definition) is 19. The molecule has 68 heavy (non-hydrogen) atoms. The molecule has 0 saturated carbocycles. The number of hydrogen-bond donors (Lipinski definition) is 3. The predicted octanol–water partition coefficient (Wildman–Crippen LogP) is -0.0892. The van der Waals surface area contributed by atoms with Gasteiger partial charge in [-0.15, -0.1) is 0 Å².